The molecule has 4 nitrogen and oxygen atoms in total. The number of anilines is 1. The van der Waals surface area contributed by atoms with Gasteiger partial charge >= 0.3 is 0 Å². The zero-order chi connectivity index (χ0) is 10.6. The summed E-state index contributed by atoms with van der Waals surface area (Å²) in [6.07, 6.45) is 0. The molecule has 4 heteroatoms. The fraction of sp³-hybridized carbons (Fsp3) is 0.300. The van der Waals surface area contributed by atoms with Gasteiger partial charge in [0.05, 0.1) is 0 Å². The number of amides is 1. The Morgan fingerprint density at radius 2 is 2.00 bits per heavy atom. The van der Waals surface area contributed by atoms with Crippen LogP contribution in [0.1, 0.15) is 17.3 Å². The molecule has 3 N–H and O–H groups in total. The third kappa shape index (κ3) is 2.23. The Morgan fingerprint density at radius 1 is 1.43 bits per heavy atom. The molecule has 1 aromatic rings. The summed E-state index contributed by atoms with van der Waals surface area (Å²) >= 11 is 0. The molecule has 0 spiro atoms. The Labute approximate surface area is 83.7 Å². The molecule has 0 saturated heterocycles. The SMILES string of the molecule is CCN(C)C(=O)c1ccc(NN)cc1. The molecular formula is C10H15N3O. The second-order valence-corrected chi connectivity index (χ2v) is 3.04. The summed E-state index contributed by atoms with van der Waals surface area (Å²) in [5, 5.41) is 0. The van der Waals surface area contributed by atoms with E-state index in [0.29, 0.717) is 12.1 Å². The number of nitrogens with two attached hydrogens (primary N) is 1. The van der Waals surface area contributed by atoms with Gasteiger partial charge in [-0.1, -0.05) is 0 Å². The summed E-state index contributed by atoms with van der Waals surface area (Å²) in [5.74, 6) is 5.24. The zero-order valence-electron chi connectivity index (χ0n) is 8.45. The number of hydrogen-bond acceptors (Lipinski definition) is 3. The number of hydrogen-bond donors (Lipinski definition) is 2. The molecule has 1 amide bonds. The van der Waals surface area contributed by atoms with Gasteiger partial charge in [0.15, 0.2) is 0 Å². The van der Waals surface area contributed by atoms with Crippen molar-refractivity contribution in [2.24, 2.45) is 5.84 Å². The highest BCUT2D eigenvalue weighted by Crippen LogP contribution is 2.09. The first-order valence-corrected chi connectivity index (χ1v) is 4.51. The zero-order valence-corrected chi connectivity index (χ0v) is 8.45. The molecule has 0 aromatic heterocycles. The van der Waals surface area contributed by atoms with Crippen molar-refractivity contribution >= 4 is 11.6 Å². The van der Waals surface area contributed by atoms with E-state index in [-0.39, 0.29) is 5.91 Å². The molecule has 0 atom stereocenters. The lowest BCUT2D eigenvalue weighted by Crippen LogP contribution is -2.26. The maximum absolute atomic E-state index is 11.6. The van der Waals surface area contributed by atoms with Crippen molar-refractivity contribution in [1.29, 1.82) is 0 Å². The standard InChI is InChI=1S/C10H15N3O/c1-3-13(2)10(14)8-4-6-9(12-11)7-5-8/h4-7,12H,3,11H2,1-2H3. The van der Waals surface area contributed by atoms with Gasteiger partial charge in [0.2, 0.25) is 0 Å². The number of carbonyl (C=O) groups is 1. The molecule has 1 aromatic carbocycles. The van der Waals surface area contributed by atoms with E-state index in [2.05, 4.69) is 5.43 Å². The van der Waals surface area contributed by atoms with Crippen molar-refractivity contribution in [3.8, 4) is 0 Å². The minimum absolute atomic E-state index is 0.0241. The van der Waals surface area contributed by atoms with E-state index < -0.39 is 0 Å². The molecule has 0 saturated carbocycles. The molecule has 0 heterocycles. The lowest BCUT2D eigenvalue weighted by molar-refractivity contribution is 0.0802. The maximum atomic E-state index is 11.6. The van der Waals surface area contributed by atoms with Crippen molar-refractivity contribution in [2.45, 2.75) is 6.92 Å². The summed E-state index contributed by atoms with van der Waals surface area (Å²) in [6.45, 7) is 2.64. The van der Waals surface area contributed by atoms with Gasteiger partial charge in [0.1, 0.15) is 0 Å². The summed E-state index contributed by atoms with van der Waals surface area (Å²) in [4.78, 5) is 13.3. The molecule has 0 radical (unpaired) electrons. The number of hydrazine groups is 1. The van der Waals surface area contributed by atoms with Crippen LogP contribution in [0.15, 0.2) is 24.3 Å². The van der Waals surface area contributed by atoms with Crippen LogP contribution in [0.25, 0.3) is 0 Å². The molecule has 0 aliphatic carbocycles. The van der Waals surface area contributed by atoms with E-state index >= 15 is 0 Å². The Bertz CT molecular complexity index is 308. The Hall–Kier alpha value is -1.55. The van der Waals surface area contributed by atoms with Gasteiger partial charge in [-0.2, -0.15) is 0 Å². The van der Waals surface area contributed by atoms with Crippen LogP contribution in [0.2, 0.25) is 0 Å². The van der Waals surface area contributed by atoms with Gasteiger partial charge in [0, 0.05) is 24.8 Å². The highest BCUT2D eigenvalue weighted by Gasteiger charge is 2.08. The van der Waals surface area contributed by atoms with Crippen LogP contribution in [-0.2, 0) is 0 Å². The third-order valence-electron chi connectivity index (χ3n) is 2.12. The predicted octanol–water partition coefficient (Wildman–Crippen LogP) is 1.06. The smallest absolute Gasteiger partial charge is 0.253 e. The first kappa shape index (κ1) is 10.5. The van der Waals surface area contributed by atoms with Gasteiger partial charge in [-0.15, -0.1) is 0 Å². The van der Waals surface area contributed by atoms with Crippen LogP contribution < -0.4 is 11.3 Å². The monoisotopic (exact) mass is 193 g/mol. The second-order valence-electron chi connectivity index (χ2n) is 3.04. The molecule has 0 fully saturated rings. The van der Waals surface area contributed by atoms with Crippen LogP contribution in [0.4, 0.5) is 5.69 Å². The van der Waals surface area contributed by atoms with E-state index in [1.807, 2.05) is 6.92 Å². The fourth-order valence-electron chi connectivity index (χ4n) is 1.07. The first-order chi connectivity index (χ1) is 6.69. The van der Waals surface area contributed by atoms with Gasteiger partial charge < -0.3 is 10.3 Å². The molecule has 0 unspecified atom stereocenters. The average molecular weight is 193 g/mol. The van der Waals surface area contributed by atoms with E-state index in [1.165, 1.54) is 0 Å². The van der Waals surface area contributed by atoms with Crippen molar-refractivity contribution in [1.82, 2.24) is 4.90 Å². The lowest BCUT2D eigenvalue weighted by Gasteiger charge is -2.14. The number of carbonyl (C=O) groups excluding carboxylic acids is 1. The second kappa shape index (κ2) is 4.62. The van der Waals surface area contributed by atoms with E-state index in [9.17, 15) is 4.79 Å². The molecule has 0 aliphatic heterocycles. The van der Waals surface area contributed by atoms with Crippen molar-refractivity contribution in [3.63, 3.8) is 0 Å². The molecule has 76 valence electrons. The van der Waals surface area contributed by atoms with Crippen molar-refractivity contribution in [2.75, 3.05) is 19.0 Å². The van der Waals surface area contributed by atoms with Crippen molar-refractivity contribution in [3.05, 3.63) is 29.8 Å². The topological polar surface area (TPSA) is 58.4 Å². The third-order valence-corrected chi connectivity index (χ3v) is 2.12. The summed E-state index contributed by atoms with van der Waals surface area (Å²) in [5.41, 5.74) is 3.98. The van der Waals surface area contributed by atoms with Crippen LogP contribution in [0.5, 0.6) is 0 Å². The number of nitrogen functional groups attached to an aromatic ring is 1. The van der Waals surface area contributed by atoms with Crippen LogP contribution in [0.3, 0.4) is 0 Å². The number of nitrogens with one attached hydrogen (secondary N) is 1. The van der Waals surface area contributed by atoms with Gasteiger partial charge in [-0.05, 0) is 31.2 Å². The van der Waals surface area contributed by atoms with Crippen molar-refractivity contribution < 1.29 is 4.79 Å². The van der Waals surface area contributed by atoms with Crippen LogP contribution in [-0.4, -0.2) is 24.4 Å². The predicted molar refractivity (Wildman–Crippen MR) is 56.9 cm³/mol. The number of benzene rings is 1. The van der Waals surface area contributed by atoms with Gasteiger partial charge in [-0.3, -0.25) is 10.6 Å². The summed E-state index contributed by atoms with van der Waals surface area (Å²) < 4.78 is 0. The molecular weight excluding hydrogens is 178 g/mol. The maximum Gasteiger partial charge on any atom is 0.253 e. The quantitative estimate of drug-likeness (QED) is 0.557. The molecule has 1 rings (SSSR count). The largest absolute Gasteiger partial charge is 0.342 e. The minimum Gasteiger partial charge on any atom is -0.342 e. The first-order valence-electron chi connectivity index (χ1n) is 4.51. The normalized spacial score (nSPS) is 9.64. The Morgan fingerprint density at radius 3 is 2.43 bits per heavy atom. The summed E-state index contributed by atoms with van der Waals surface area (Å²) in [7, 11) is 1.78. The molecule has 14 heavy (non-hydrogen) atoms. The van der Waals surface area contributed by atoms with Crippen LogP contribution >= 0.6 is 0 Å². The minimum atomic E-state index is 0.0241. The Kier molecular flexibility index (Phi) is 3.48. The molecule has 0 bridgehead atoms. The summed E-state index contributed by atoms with van der Waals surface area (Å²) in [6, 6.07) is 7.06. The number of nitrogens with zero attached hydrogens (tertiary/aromatic N) is 1. The highest BCUT2D eigenvalue weighted by atomic mass is 16.2. The lowest BCUT2D eigenvalue weighted by atomic mass is 10.2. The fourth-order valence-corrected chi connectivity index (χ4v) is 1.07. The average Bonchev–Trinajstić information content (AvgIpc) is 2.27. The van der Waals surface area contributed by atoms with E-state index in [1.54, 1.807) is 36.2 Å². The number of rotatable bonds is 3. The van der Waals surface area contributed by atoms with E-state index in [0.717, 1.165) is 5.69 Å². The highest BCUT2D eigenvalue weighted by molar-refractivity contribution is 5.94. The van der Waals surface area contributed by atoms with E-state index in [4.69, 9.17) is 5.84 Å². The molecule has 0 aliphatic rings. The Balaban J connectivity index is 2.81. The van der Waals surface area contributed by atoms with Gasteiger partial charge in [0.25, 0.3) is 5.91 Å². The van der Waals surface area contributed by atoms with Gasteiger partial charge in [-0.25, -0.2) is 0 Å². The van der Waals surface area contributed by atoms with Crippen LogP contribution in [0, 0.1) is 0 Å².